The molecule has 0 aliphatic carbocycles. The predicted octanol–water partition coefficient (Wildman–Crippen LogP) is 5.72. The molecular formula is C21H21F3N4OS2. The van der Waals surface area contributed by atoms with Gasteiger partial charge in [-0.25, -0.2) is 9.97 Å². The van der Waals surface area contributed by atoms with Crippen molar-refractivity contribution in [1.82, 2.24) is 14.9 Å². The van der Waals surface area contributed by atoms with Gasteiger partial charge < -0.3 is 9.46 Å². The first-order valence-corrected chi connectivity index (χ1v) is 11.5. The third-order valence-electron chi connectivity index (χ3n) is 4.92. The maximum atomic E-state index is 13.6. The standard InChI is InChI=1S/C21H21F3N4OS2/c22-21(23,24)17-10-20(31-27-19-13-30-14-26-19)25-11-18(17)29-16-6-8-28(9-7-16)12-15-4-2-1-3-5-15/h1-5,10-11,13-14,16,27H,6-9,12H2. The Balaban J connectivity index is 1.37. The van der Waals surface area contributed by atoms with E-state index in [0.717, 1.165) is 37.6 Å². The van der Waals surface area contributed by atoms with Crippen molar-refractivity contribution >= 4 is 29.1 Å². The molecule has 1 saturated heterocycles. The van der Waals surface area contributed by atoms with Crippen molar-refractivity contribution < 1.29 is 17.9 Å². The number of benzene rings is 1. The zero-order chi connectivity index (χ0) is 21.7. The number of hydrogen-bond acceptors (Lipinski definition) is 7. The normalized spacial score (nSPS) is 15.7. The number of aromatic nitrogens is 2. The Morgan fingerprint density at radius 3 is 2.61 bits per heavy atom. The van der Waals surface area contributed by atoms with E-state index in [4.69, 9.17) is 4.74 Å². The van der Waals surface area contributed by atoms with Gasteiger partial charge in [-0.15, -0.1) is 11.3 Å². The van der Waals surface area contributed by atoms with Crippen LogP contribution in [-0.4, -0.2) is 34.1 Å². The number of nitrogens with zero attached hydrogens (tertiary/aromatic N) is 3. The van der Waals surface area contributed by atoms with Crippen LogP contribution in [0, 0.1) is 0 Å². The lowest BCUT2D eigenvalue weighted by atomic mass is 10.1. The molecule has 0 radical (unpaired) electrons. The molecule has 2 aromatic heterocycles. The average molecular weight is 467 g/mol. The molecule has 5 nitrogen and oxygen atoms in total. The molecule has 0 saturated carbocycles. The van der Waals surface area contributed by atoms with Crippen molar-refractivity contribution in [3.8, 4) is 5.75 Å². The summed E-state index contributed by atoms with van der Waals surface area (Å²) in [6, 6.07) is 11.2. The minimum absolute atomic E-state index is 0.199. The van der Waals surface area contributed by atoms with E-state index in [9.17, 15) is 13.2 Å². The summed E-state index contributed by atoms with van der Waals surface area (Å²) in [4.78, 5) is 10.5. The van der Waals surface area contributed by atoms with Crippen molar-refractivity contribution in [3.63, 3.8) is 0 Å². The Morgan fingerprint density at radius 2 is 1.94 bits per heavy atom. The van der Waals surface area contributed by atoms with Crippen LogP contribution in [0.1, 0.15) is 24.0 Å². The maximum absolute atomic E-state index is 13.6. The number of anilines is 1. The maximum Gasteiger partial charge on any atom is 0.420 e. The second-order valence-corrected chi connectivity index (χ2v) is 8.72. The molecule has 3 aromatic rings. The van der Waals surface area contributed by atoms with Crippen LogP contribution in [-0.2, 0) is 12.7 Å². The molecule has 0 unspecified atom stereocenters. The number of pyridine rings is 1. The molecule has 1 aliphatic rings. The van der Waals surface area contributed by atoms with Crippen LogP contribution in [0.5, 0.6) is 5.75 Å². The van der Waals surface area contributed by atoms with Crippen LogP contribution in [0.4, 0.5) is 19.0 Å². The lowest BCUT2D eigenvalue weighted by molar-refractivity contribution is -0.139. The highest BCUT2D eigenvalue weighted by Gasteiger charge is 2.36. The van der Waals surface area contributed by atoms with Crippen LogP contribution in [0.2, 0.25) is 0 Å². The zero-order valence-corrected chi connectivity index (χ0v) is 18.1. The molecule has 3 heterocycles. The van der Waals surface area contributed by atoms with E-state index >= 15 is 0 Å². The van der Waals surface area contributed by atoms with Gasteiger partial charge in [0.05, 0.1) is 11.7 Å². The van der Waals surface area contributed by atoms with Crippen LogP contribution in [0.3, 0.4) is 0 Å². The number of rotatable bonds is 7. The quantitative estimate of drug-likeness (QED) is 0.450. The molecular weight excluding hydrogens is 445 g/mol. The van der Waals surface area contributed by atoms with E-state index in [1.54, 1.807) is 10.9 Å². The van der Waals surface area contributed by atoms with Gasteiger partial charge in [0.25, 0.3) is 0 Å². The number of halogens is 3. The predicted molar refractivity (Wildman–Crippen MR) is 116 cm³/mol. The number of likely N-dealkylation sites (tertiary alicyclic amines) is 1. The minimum atomic E-state index is -4.53. The summed E-state index contributed by atoms with van der Waals surface area (Å²) in [5, 5.41) is 1.96. The summed E-state index contributed by atoms with van der Waals surface area (Å²) < 4.78 is 49.6. The van der Waals surface area contributed by atoms with Crippen LogP contribution < -0.4 is 9.46 Å². The largest absolute Gasteiger partial charge is 0.488 e. The molecule has 0 atom stereocenters. The van der Waals surface area contributed by atoms with Gasteiger partial charge in [-0.3, -0.25) is 4.90 Å². The Morgan fingerprint density at radius 1 is 1.16 bits per heavy atom. The molecule has 0 bridgehead atoms. The van der Waals surface area contributed by atoms with E-state index in [2.05, 4.69) is 31.7 Å². The van der Waals surface area contributed by atoms with Crippen molar-refractivity contribution in [2.45, 2.75) is 36.7 Å². The van der Waals surface area contributed by atoms with Gasteiger partial charge in [-0.1, -0.05) is 30.3 Å². The Kier molecular flexibility index (Phi) is 6.99. The van der Waals surface area contributed by atoms with E-state index in [-0.39, 0.29) is 16.9 Å². The van der Waals surface area contributed by atoms with Gasteiger partial charge in [-0.2, -0.15) is 13.2 Å². The van der Waals surface area contributed by atoms with Crippen LogP contribution in [0.15, 0.2) is 58.5 Å². The molecule has 31 heavy (non-hydrogen) atoms. The summed E-state index contributed by atoms with van der Waals surface area (Å²) in [6.45, 7) is 2.39. The van der Waals surface area contributed by atoms with E-state index in [0.29, 0.717) is 18.7 Å². The minimum Gasteiger partial charge on any atom is -0.488 e. The Hall–Kier alpha value is -2.30. The highest BCUT2D eigenvalue weighted by Crippen LogP contribution is 2.38. The van der Waals surface area contributed by atoms with Gasteiger partial charge in [-0.05, 0) is 24.5 Å². The molecule has 10 heteroatoms. The SMILES string of the molecule is FC(F)(F)c1cc(SNc2cscn2)ncc1OC1CCN(Cc2ccccc2)CC1. The molecule has 1 N–H and O–H groups in total. The summed E-state index contributed by atoms with van der Waals surface area (Å²) in [6.07, 6.45) is -2.27. The van der Waals surface area contributed by atoms with Crippen molar-refractivity contribution in [2.24, 2.45) is 0 Å². The molecule has 0 spiro atoms. The average Bonchev–Trinajstić information content (AvgIpc) is 3.28. The first-order valence-electron chi connectivity index (χ1n) is 9.78. The monoisotopic (exact) mass is 466 g/mol. The topological polar surface area (TPSA) is 50.3 Å². The zero-order valence-electron chi connectivity index (χ0n) is 16.5. The van der Waals surface area contributed by atoms with Gasteiger partial charge in [0.2, 0.25) is 0 Å². The molecule has 1 aromatic carbocycles. The fraction of sp³-hybridized carbons (Fsp3) is 0.333. The number of nitrogens with one attached hydrogen (secondary N) is 1. The fourth-order valence-corrected chi connectivity index (χ4v) is 4.53. The molecule has 1 aliphatic heterocycles. The number of alkyl halides is 3. The third kappa shape index (κ3) is 6.11. The fourth-order valence-electron chi connectivity index (χ4n) is 3.37. The van der Waals surface area contributed by atoms with Crippen molar-refractivity contribution in [1.29, 1.82) is 0 Å². The second kappa shape index (κ2) is 9.88. The molecule has 1 fully saturated rings. The number of ether oxygens (including phenoxy) is 1. The highest BCUT2D eigenvalue weighted by molar-refractivity contribution is 8.00. The smallest absolute Gasteiger partial charge is 0.420 e. The lowest BCUT2D eigenvalue weighted by Gasteiger charge is -2.32. The lowest BCUT2D eigenvalue weighted by Crippen LogP contribution is -2.38. The summed E-state index contributed by atoms with van der Waals surface area (Å²) in [5.41, 5.74) is 2.06. The molecule has 0 amide bonds. The number of piperidine rings is 1. The van der Waals surface area contributed by atoms with E-state index in [1.807, 2.05) is 18.2 Å². The molecule has 4 rings (SSSR count). The number of thiazole rings is 1. The summed E-state index contributed by atoms with van der Waals surface area (Å²) in [5.74, 6) is 0.361. The van der Waals surface area contributed by atoms with Gasteiger partial charge >= 0.3 is 6.18 Å². The summed E-state index contributed by atoms with van der Waals surface area (Å²) >= 11 is 2.38. The van der Waals surface area contributed by atoms with Crippen LogP contribution in [0.25, 0.3) is 0 Å². The highest BCUT2D eigenvalue weighted by atomic mass is 32.2. The first-order chi connectivity index (χ1) is 15.0. The Bertz CT molecular complexity index is 963. The first kappa shape index (κ1) is 21.9. The van der Waals surface area contributed by atoms with Crippen molar-refractivity contribution in [3.05, 3.63) is 64.6 Å². The van der Waals surface area contributed by atoms with Crippen molar-refractivity contribution in [2.75, 3.05) is 17.8 Å². The molecule has 164 valence electrons. The van der Waals surface area contributed by atoms with E-state index in [1.165, 1.54) is 23.1 Å². The van der Waals surface area contributed by atoms with Gasteiger partial charge in [0, 0.05) is 37.0 Å². The van der Waals surface area contributed by atoms with Gasteiger partial charge in [0.1, 0.15) is 28.3 Å². The second-order valence-electron chi connectivity index (χ2n) is 7.17. The van der Waals surface area contributed by atoms with E-state index < -0.39 is 11.7 Å². The van der Waals surface area contributed by atoms with Gasteiger partial charge in [0.15, 0.2) is 0 Å². The number of hydrogen-bond donors (Lipinski definition) is 1. The Labute approximate surface area is 186 Å². The summed E-state index contributed by atoms with van der Waals surface area (Å²) in [7, 11) is 0. The van der Waals surface area contributed by atoms with Crippen LogP contribution >= 0.6 is 23.3 Å². The third-order valence-corrected chi connectivity index (χ3v) is 6.25.